The molecule has 5 nitrogen and oxygen atoms in total. The van der Waals surface area contributed by atoms with Gasteiger partial charge in [0, 0.05) is 43.0 Å². The molecule has 1 atom stereocenters. The van der Waals surface area contributed by atoms with E-state index in [1.165, 1.54) is 12.0 Å². The van der Waals surface area contributed by atoms with Gasteiger partial charge in [-0.05, 0) is 43.9 Å². The van der Waals surface area contributed by atoms with Crippen molar-refractivity contribution in [3.05, 3.63) is 59.8 Å². The average molecular weight is 365 g/mol. The summed E-state index contributed by atoms with van der Waals surface area (Å²) in [6.07, 6.45) is 4.87. The van der Waals surface area contributed by atoms with Gasteiger partial charge >= 0.3 is 0 Å². The van der Waals surface area contributed by atoms with Gasteiger partial charge in [0.05, 0.1) is 7.11 Å². The van der Waals surface area contributed by atoms with Gasteiger partial charge in [0.15, 0.2) is 0 Å². The molecule has 3 heterocycles. The number of aromatic nitrogens is 1. The number of ether oxygens (including phenoxy) is 1. The van der Waals surface area contributed by atoms with E-state index in [1.807, 2.05) is 4.90 Å². The van der Waals surface area contributed by atoms with Gasteiger partial charge in [0.25, 0.3) is 5.91 Å². The van der Waals surface area contributed by atoms with Crippen LogP contribution in [0.2, 0.25) is 0 Å². The van der Waals surface area contributed by atoms with E-state index in [4.69, 9.17) is 4.74 Å². The van der Waals surface area contributed by atoms with Crippen molar-refractivity contribution in [2.45, 2.75) is 30.7 Å². The molecule has 0 saturated carbocycles. The van der Waals surface area contributed by atoms with E-state index in [0.717, 1.165) is 32.5 Å². The van der Waals surface area contributed by atoms with Crippen LogP contribution < -0.4 is 4.74 Å². The molecule has 2 saturated heterocycles. The molecule has 5 heteroatoms. The van der Waals surface area contributed by atoms with Crippen LogP contribution in [0.25, 0.3) is 0 Å². The third-order valence-corrected chi connectivity index (χ3v) is 6.37. The second kappa shape index (κ2) is 7.31. The largest absolute Gasteiger partial charge is 0.481 e. The molecular formula is C22H27N3O2. The number of nitrogens with zero attached hydrogens (tertiary/aromatic N) is 3. The number of benzene rings is 1. The van der Waals surface area contributed by atoms with E-state index in [1.54, 1.807) is 25.4 Å². The number of rotatable bonds is 3. The van der Waals surface area contributed by atoms with E-state index < -0.39 is 0 Å². The Bertz CT molecular complexity index is 800. The first-order valence-electron chi connectivity index (χ1n) is 9.67. The van der Waals surface area contributed by atoms with Gasteiger partial charge in [0.2, 0.25) is 5.88 Å². The zero-order valence-electron chi connectivity index (χ0n) is 16.1. The SMILES string of the molecule is COc1cc(C(=O)N2CCC3(CC2)C[C@@H](c2ccccc2)CN3C)ccn1. The van der Waals surface area contributed by atoms with Crippen LogP contribution in [0.3, 0.4) is 0 Å². The number of carbonyl (C=O) groups excluding carboxylic acids is 1. The molecule has 2 aromatic rings. The highest BCUT2D eigenvalue weighted by atomic mass is 16.5. The third-order valence-electron chi connectivity index (χ3n) is 6.37. The molecule has 1 aromatic heterocycles. The number of pyridine rings is 1. The van der Waals surface area contributed by atoms with E-state index in [2.05, 4.69) is 47.3 Å². The zero-order valence-corrected chi connectivity index (χ0v) is 16.1. The molecule has 2 aliphatic rings. The minimum absolute atomic E-state index is 0.0748. The van der Waals surface area contributed by atoms with Crippen LogP contribution in [0.15, 0.2) is 48.7 Å². The predicted molar refractivity (Wildman–Crippen MR) is 105 cm³/mol. The van der Waals surface area contributed by atoms with Crippen molar-refractivity contribution < 1.29 is 9.53 Å². The second-order valence-corrected chi connectivity index (χ2v) is 7.80. The first-order valence-corrected chi connectivity index (χ1v) is 9.67. The Morgan fingerprint density at radius 3 is 2.63 bits per heavy atom. The van der Waals surface area contributed by atoms with E-state index in [0.29, 0.717) is 17.4 Å². The Morgan fingerprint density at radius 2 is 1.93 bits per heavy atom. The fourth-order valence-electron chi connectivity index (χ4n) is 4.70. The Balaban J connectivity index is 1.43. The minimum Gasteiger partial charge on any atom is -0.481 e. The molecule has 142 valence electrons. The topological polar surface area (TPSA) is 45.7 Å². The summed E-state index contributed by atoms with van der Waals surface area (Å²) >= 11 is 0. The summed E-state index contributed by atoms with van der Waals surface area (Å²) in [4.78, 5) is 21.5. The molecule has 0 N–H and O–H groups in total. The zero-order chi connectivity index (χ0) is 18.9. The van der Waals surface area contributed by atoms with Gasteiger partial charge in [-0.2, -0.15) is 0 Å². The fourth-order valence-corrected chi connectivity index (χ4v) is 4.70. The maximum absolute atomic E-state index is 12.9. The molecule has 2 aliphatic heterocycles. The standard InChI is InChI=1S/C22H27N3O2/c1-24-16-19(17-6-4-3-5-7-17)15-22(24)9-12-25(13-10-22)21(26)18-8-11-23-20(14-18)27-2/h3-8,11,14,19H,9-10,12-13,15-16H2,1-2H3/t19-/m1/s1. The number of amides is 1. The first-order chi connectivity index (χ1) is 13.1. The highest BCUT2D eigenvalue weighted by Gasteiger charge is 2.46. The smallest absolute Gasteiger partial charge is 0.254 e. The lowest BCUT2D eigenvalue weighted by atomic mass is 9.81. The number of carbonyl (C=O) groups is 1. The molecule has 4 rings (SSSR count). The van der Waals surface area contributed by atoms with Gasteiger partial charge in [0.1, 0.15) is 0 Å². The van der Waals surface area contributed by atoms with Gasteiger partial charge in [-0.25, -0.2) is 4.98 Å². The summed E-state index contributed by atoms with van der Waals surface area (Å²) in [6.45, 7) is 2.70. The van der Waals surface area contributed by atoms with Crippen LogP contribution in [0.4, 0.5) is 0 Å². The minimum atomic E-state index is 0.0748. The average Bonchev–Trinajstić information content (AvgIpc) is 3.04. The summed E-state index contributed by atoms with van der Waals surface area (Å²) in [7, 11) is 3.81. The van der Waals surface area contributed by atoms with Gasteiger partial charge in [-0.1, -0.05) is 30.3 Å². The molecule has 0 radical (unpaired) electrons. The fraction of sp³-hybridized carbons (Fsp3) is 0.455. The molecule has 1 amide bonds. The first kappa shape index (κ1) is 18.0. The molecular weight excluding hydrogens is 338 g/mol. The maximum atomic E-state index is 12.9. The van der Waals surface area contributed by atoms with Crippen LogP contribution in [-0.2, 0) is 0 Å². The molecule has 0 aliphatic carbocycles. The Morgan fingerprint density at radius 1 is 1.19 bits per heavy atom. The summed E-state index contributed by atoms with van der Waals surface area (Å²) in [6, 6.07) is 14.3. The van der Waals surface area contributed by atoms with Gasteiger partial charge < -0.3 is 9.64 Å². The number of methoxy groups -OCH3 is 1. The highest BCUT2D eigenvalue weighted by Crippen LogP contribution is 2.44. The lowest BCUT2D eigenvalue weighted by Gasteiger charge is -2.43. The van der Waals surface area contributed by atoms with Gasteiger partial charge in [-0.3, -0.25) is 9.69 Å². The molecule has 0 unspecified atom stereocenters. The van der Waals surface area contributed by atoms with Crippen molar-refractivity contribution in [3.8, 4) is 5.88 Å². The maximum Gasteiger partial charge on any atom is 0.254 e. The molecule has 2 fully saturated rings. The number of hydrogen-bond acceptors (Lipinski definition) is 4. The molecule has 1 spiro atoms. The van der Waals surface area contributed by atoms with Crippen molar-refractivity contribution in [1.29, 1.82) is 0 Å². The lowest BCUT2D eigenvalue weighted by Crippen LogP contribution is -2.52. The summed E-state index contributed by atoms with van der Waals surface area (Å²) < 4.78 is 5.15. The quantitative estimate of drug-likeness (QED) is 0.838. The summed E-state index contributed by atoms with van der Waals surface area (Å²) in [5.41, 5.74) is 2.30. The normalized spacial score (nSPS) is 22.1. The number of hydrogen-bond donors (Lipinski definition) is 0. The van der Waals surface area contributed by atoms with Crippen molar-refractivity contribution in [3.63, 3.8) is 0 Å². The highest BCUT2D eigenvalue weighted by molar-refractivity contribution is 5.94. The lowest BCUT2D eigenvalue weighted by molar-refractivity contribution is 0.0491. The third kappa shape index (κ3) is 3.44. The van der Waals surface area contributed by atoms with Crippen LogP contribution >= 0.6 is 0 Å². The summed E-state index contributed by atoms with van der Waals surface area (Å²) in [5.74, 6) is 1.14. The number of piperidine rings is 1. The molecule has 1 aromatic carbocycles. The molecule has 0 bridgehead atoms. The van der Waals surface area contributed by atoms with E-state index in [9.17, 15) is 4.79 Å². The van der Waals surface area contributed by atoms with Crippen molar-refractivity contribution >= 4 is 5.91 Å². The van der Waals surface area contributed by atoms with Crippen LogP contribution in [-0.4, -0.2) is 60.0 Å². The van der Waals surface area contributed by atoms with Crippen LogP contribution in [0, 0.1) is 0 Å². The Hall–Kier alpha value is -2.40. The Labute approximate surface area is 161 Å². The predicted octanol–water partition coefficient (Wildman–Crippen LogP) is 3.18. The van der Waals surface area contributed by atoms with Crippen LogP contribution in [0.1, 0.15) is 41.1 Å². The Kier molecular flexibility index (Phi) is 4.87. The van der Waals surface area contributed by atoms with Crippen molar-refractivity contribution in [1.82, 2.24) is 14.8 Å². The second-order valence-electron chi connectivity index (χ2n) is 7.80. The monoisotopic (exact) mass is 365 g/mol. The van der Waals surface area contributed by atoms with Gasteiger partial charge in [-0.15, -0.1) is 0 Å². The van der Waals surface area contributed by atoms with E-state index in [-0.39, 0.29) is 11.4 Å². The van der Waals surface area contributed by atoms with Crippen LogP contribution in [0.5, 0.6) is 5.88 Å². The summed E-state index contributed by atoms with van der Waals surface area (Å²) in [5, 5.41) is 0. The van der Waals surface area contributed by atoms with E-state index >= 15 is 0 Å². The van der Waals surface area contributed by atoms with Crippen molar-refractivity contribution in [2.75, 3.05) is 33.8 Å². The number of likely N-dealkylation sites (N-methyl/N-ethyl adjacent to an activating group) is 1. The molecule has 27 heavy (non-hydrogen) atoms. The van der Waals surface area contributed by atoms with Crippen molar-refractivity contribution in [2.24, 2.45) is 0 Å². The number of likely N-dealkylation sites (tertiary alicyclic amines) is 2.